The van der Waals surface area contributed by atoms with Crippen LogP contribution in [0, 0.1) is 11.3 Å². The molecule has 112 valence electrons. The fraction of sp³-hybridized carbons (Fsp3) is 0.750. The average molecular weight is 276 g/mol. The van der Waals surface area contributed by atoms with Crippen LogP contribution in [-0.2, 0) is 6.54 Å². The lowest BCUT2D eigenvalue weighted by atomic mass is 9.80. The van der Waals surface area contributed by atoms with Gasteiger partial charge in [-0.05, 0) is 17.8 Å². The third-order valence-corrected chi connectivity index (χ3v) is 4.33. The van der Waals surface area contributed by atoms with E-state index in [4.69, 9.17) is 5.73 Å². The first-order valence-electron chi connectivity index (χ1n) is 7.63. The Morgan fingerprint density at radius 1 is 1.40 bits per heavy atom. The van der Waals surface area contributed by atoms with Gasteiger partial charge in [0.2, 0.25) is 0 Å². The number of nitrogens with zero attached hydrogens (tertiary/aromatic N) is 3. The molecule has 1 saturated heterocycles. The minimum absolute atomic E-state index is 0.343. The van der Waals surface area contributed by atoms with E-state index in [1.807, 2.05) is 6.20 Å². The number of rotatable bonds is 3. The molecule has 20 heavy (non-hydrogen) atoms. The van der Waals surface area contributed by atoms with Gasteiger partial charge in [0.1, 0.15) is 5.82 Å². The first-order chi connectivity index (χ1) is 9.32. The molecule has 4 nitrogen and oxygen atoms in total. The summed E-state index contributed by atoms with van der Waals surface area (Å²) in [6.45, 7) is 13.8. The van der Waals surface area contributed by atoms with Gasteiger partial charge in [-0.25, -0.2) is 9.97 Å². The van der Waals surface area contributed by atoms with Gasteiger partial charge in [0, 0.05) is 25.6 Å². The Kier molecular flexibility index (Phi) is 4.33. The number of hydrogen-bond donors (Lipinski definition) is 1. The molecule has 0 bridgehead atoms. The summed E-state index contributed by atoms with van der Waals surface area (Å²) in [4.78, 5) is 11.6. The Hall–Kier alpha value is -1.16. The zero-order valence-corrected chi connectivity index (χ0v) is 13.5. The SMILES string of the molecule is CC(C)c1ncc(N2CCC(C(C)(C)C)C2)c(CN)n1. The van der Waals surface area contributed by atoms with E-state index in [1.54, 1.807) is 0 Å². The van der Waals surface area contributed by atoms with Crippen LogP contribution in [0.5, 0.6) is 0 Å². The van der Waals surface area contributed by atoms with Crippen molar-refractivity contribution in [2.24, 2.45) is 17.1 Å². The topological polar surface area (TPSA) is 55.0 Å². The normalized spacial score (nSPS) is 19.9. The molecule has 0 amide bonds. The summed E-state index contributed by atoms with van der Waals surface area (Å²) < 4.78 is 0. The third-order valence-electron chi connectivity index (χ3n) is 4.33. The lowest BCUT2D eigenvalue weighted by molar-refractivity contribution is 0.263. The summed E-state index contributed by atoms with van der Waals surface area (Å²) in [5, 5.41) is 0. The van der Waals surface area contributed by atoms with Crippen LogP contribution in [0.15, 0.2) is 6.20 Å². The van der Waals surface area contributed by atoms with Crippen molar-refractivity contribution in [3.63, 3.8) is 0 Å². The first kappa shape index (κ1) is 15.2. The molecule has 1 aliphatic rings. The zero-order chi connectivity index (χ0) is 14.9. The quantitative estimate of drug-likeness (QED) is 0.922. The predicted octanol–water partition coefficient (Wildman–Crippen LogP) is 2.93. The molecule has 0 radical (unpaired) electrons. The maximum Gasteiger partial charge on any atom is 0.131 e. The summed E-state index contributed by atoms with van der Waals surface area (Å²) in [5.41, 5.74) is 8.36. The van der Waals surface area contributed by atoms with Crippen molar-refractivity contribution in [2.75, 3.05) is 18.0 Å². The molecule has 0 aliphatic carbocycles. The molecular weight excluding hydrogens is 248 g/mol. The van der Waals surface area contributed by atoms with Crippen LogP contribution in [0.3, 0.4) is 0 Å². The van der Waals surface area contributed by atoms with Crippen LogP contribution in [0.2, 0.25) is 0 Å². The fourth-order valence-corrected chi connectivity index (χ4v) is 2.80. The molecule has 2 heterocycles. The minimum Gasteiger partial charge on any atom is -0.368 e. The van der Waals surface area contributed by atoms with Crippen LogP contribution in [0.1, 0.15) is 58.5 Å². The summed E-state index contributed by atoms with van der Waals surface area (Å²) in [5.74, 6) is 1.95. The zero-order valence-electron chi connectivity index (χ0n) is 13.5. The van der Waals surface area contributed by atoms with E-state index >= 15 is 0 Å². The standard InChI is InChI=1S/C16H28N4/c1-11(2)15-18-9-14(13(8-17)19-15)20-7-6-12(10-20)16(3,4)5/h9,11-12H,6-8,10,17H2,1-5H3. The molecule has 1 aromatic heterocycles. The van der Waals surface area contributed by atoms with Crippen molar-refractivity contribution in [1.82, 2.24) is 9.97 Å². The first-order valence-corrected chi connectivity index (χ1v) is 7.63. The van der Waals surface area contributed by atoms with Crippen molar-refractivity contribution in [3.8, 4) is 0 Å². The number of nitrogens with two attached hydrogens (primary N) is 1. The van der Waals surface area contributed by atoms with E-state index in [2.05, 4.69) is 49.5 Å². The lowest BCUT2D eigenvalue weighted by Crippen LogP contribution is -2.27. The summed E-state index contributed by atoms with van der Waals surface area (Å²) >= 11 is 0. The Bertz CT molecular complexity index is 462. The molecule has 0 saturated carbocycles. The van der Waals surface area contributed by atoms with Crippen molar-refractivity contribution in [3.05, 3.63) is 17.7 Å². The molecule has 0 spiro atoms. The second-order valence-corrected chi connectivity index (χ2v) is 7.22. The van der Waals surface area contributed by atoms with Crippen LogP contribution in [0.4, 0.5) is 5.69 Å². The molecule has 1 atom stereocenters. The molecule has 1 fully saturated rings. The average Bonchev–Trinajstić information content (AvgIpc) is 2.87. The minimum atomic E-state index is 0.343. The lowest BCUT2D eigenvalue weighted by Gasteiger charge is -2.28. The van der Waals surface area contributed by atoms with E-state index < -0.39 is 0 Å². The number of anilines is 1. The van der Waals surface area contributed by atoms with Gasteiger partial charge in [-0.3, -0.25) is 0 Å². The van der Waals surface area contributed by atoms with E-state index in [1.165, 1.54) is 6.42 Å². The molecule has 2 rings (SSSR count). The Labute approximate surface area is 122 Å². The highest BCUT2D eigenvalue weighted by atomic mass is 15.2. The maximum atomic E-state index is 5.89. The van der Waals surface area contributed by atoms with Gasteiger partial charge in [-0.15, -0.1) is 0 Å². The van der Waals surface area contributed by atoms with Crippen LogP contribution < -0.4 is 10.6 Å². The smallest absolute Gasteiger partial charge is 0.131 e. The Balaban J connectivity index is 2.22. The number of hydrogen-bond acceptors (Lipinski definition) is 4. The van der Waals surface area contributed by atoms with Gasteiger partial charge in [0.05, 0.1) is 17.6 Å². The molecule has 1 aliphatic heterocycles. The molecule has 0 aromatic carbocycles. The van der Waals surface area contributed by atoms with Gasteiger partial charge < -0.3 is 10.6 Å². The van der Waals surface area contributed by atoms with E-state index in [-0.39, 0.29) is 0 Å². The van der Waals surface area contributed by atoms with E-state index in [0.29, 0.717) is 17.9 Å². The van der Waals surface area contributed by atoms with Gasteiger partial charge in [0.15, 0.2) is 0 Å². The maximum absolute atomic E-state index is 5.89. The monoisotopic (exact) mass is 276 g/mol. The molecule has 4 heteroatoms. The van der Waals surface area contributed by atoms with Gasteiger partial charge in [-0.2, -0.15) is 0 Å². The summed E-state index contributed by atoms with van der Waals surface area (Å²) in [7, 11) is 0. The second kappa shape index (κ2) is 5.68. The number of aromatic nitrogens is 2. The molecular formula is C16H28N4. The van der Waals surface area contributed by atoms with Crippen molar-refractivity contribution in [2.45, 2.75) is 53.5 Å². The fourth-order valence-electron chi connectivity index (χ4n) is 2.80. The predicted molar refractivity (Wildman–Crippen MR) is 83.8 cm³/mol. The van der Waals surface area contributed by atoms with Gasteiger partial charge in [-0.1, -0.05) is 34.6 Å². The Morgan fingerprint density at radius 3 is 2.60 bits per heavy atom. The highest BCUT2D eigenvalue weighted by Gasteiger charge is 2.32. The molecule has 1 aromatic rings. The molecule has 2 N–H and O–H groups in total. The third kappa shape index (κ3) is 3.11. The van der Waals surface area contributed by atoms with Gasteiger partial charge in [0.25, 0.3) is 0 Å². The van der Waals surface area contributed by atoms with E-state index in [9.17, 15) is 0 Å². The second-order valence-electron chi connectivity index (χ2n) is 7.22. The Morgan fingerprint density at radius 2 is 2.10 bits per heavy atom. The largest absolute Gasteiger partial charge is 0.368 e. The summed E-state index contributed by atoms with van der Waals surface area (Å²) in [6.07, 6.45) is 3.20. The van der Waals surface area contributed by atoms with Gasteiger partial charge >= 0.3 is 0 Å². The molecule has 1 unspecified atom stereocenters. The van der Waals surface area contributed by atoms with Crippen LogP contribution >= 0.6 is 0 Å². The van der Waals surface area contributed by atoms with Crippen molar-refractivity contribution < 1.29 is 0 Å². The highest BCUT2D eigenvalue weighted by Crippen LogP contribution is 2.36. The van der Waals surface area contributed by atoms with Crippen molar-refractivity contribution >= 4 is 5.69 Å². The van der Waals surface area contributed by atoms with Crippen LogP contribution in [0.25, 0.3) is 0 Å². The van der Waals surface area contributed by atoms with Crippen LogP contribution in [-0.4, -0.2) is 23.1 Å². The summed E-state index contributed by atoms with van der Waals surface area (Å²) in [6, 6.07) is 0. The van der Waals surface area contributed by atoms with Crippen molar-refractivity contribution in [1.29, 1.82) is 0 Å². The van der Waals surface area contributed by atoms with E-state index in [0.717, 1.165) is 36.2 Å². The highest BCUT2D eigenvalue weighted by molar-refractivity contribution is 5.50.